The Bertz CT molecular complexity index is 737. The molecule has 2 atom stereocenters. The van der Waals surface area contributed by atoms with Crippen LogP contribution in [-0.2, 0) is 0 Å². The average Bonchev–Trinajstić information content (AvgIpc) is 3.00. The normalized spacial score (nSPS) is 14.1. The summed E-state index contributed by atoms with van der Waals surface area (Å²) in [6.45, 7) is 11.0. The number of hydrogen-bond acceptors (Lipinski definition) is 4. The van der Waals surface area contributed by atoms with Crippen molar-refractivity contribution in [3.05, 3.63) is 23.5 Å². The monoisotopic (exact) mass is 345 g/mol. The molecule has 6 heteroatoms. The highest BCUT2D eigenvalue weighted by Gasteiger charge is 2.20. The molecule has 2 heterocycles. The number of fused-ring (bicyclic) bond motifs is 1. The topological polar surface area (TPSA) is 77.0 Å². The number of amides is 1. The second-order valence-corrected chi connectivity index (χ2v) is 7.32. The summed E-state index contributed by atoms with van der Waals surface area (Å²) in [5, 5.41) is 5.29. The number of carbonyl (C=O) groups is 1. The molecule has 25 heavy (non-hydrogen) atoms. The third-order valence-corrected chi connectivity index (χ3v) is 4.93. The Kier molecular flexibility index (Phi) is 6.16. The Morgan fingerprint density at radius 3 is 2.64 bits per heavy atom. The zero-order valence-electron chi connectivity index (χ0n) is 16.3. The van der Waals surface area contributed by atoms with E-state index in [1.807, 2.05) is 24.7 Å². The second-order valence-electron chi connectivity index (χ2n) is 7.32. The van der Waals surface area contributed by atoms with Crippen LogP contribution < -0.4 is 5.73 Å². The van der Waals surface area contributed by atoms with Crippen LogP contribution in [-0.4, -0.2) is 45.2 Å². The van der Waals surface area contributed by atoms with Crippen LogP contribution in [0.2, 0.25) is 0 Å². The van der Waals surface area contributed by atoms with Crippen molar-refractivity contribution in [1.29, 1.82) is 0 Å². The SMILES string of the molecule is CCC(C)n1ncc2c(C(=O)N(C)CCC(N)C(C)C)cc(C)nc21. The van der Waals surface area contributed by atoms with Crippen molar-refractivity contribution in [2.24, 2.45) is 11.7 Å². The summed E-state index contributed by atoms with van der Waals surface area (Å²) in [6.07, 6.45) is 3.51. The lowest BCUT2D eigenvalue weighted by Crippen LogP contribution is -2.34. The maximum atomic E-state index is 13.0. The molecule has 138 valence electrons. The standard InChI is InChI=1S/C19H31N5O/c1-7-14(5)24-18-16(11-21-24)15(10-13(4)22-18)19(25)23(6)9-8-17(20)12(2)3/h10-12,14,17H,7-9,20H2,1-6H3. The van der Waals surface area contributed by atoms with Crippen LogP contribution >= 0.6 is 0 Å². The van der Waals surface area contributed by atoms with Gasteiger partial charge >= 0.3 is 0 Å². The molecule has 2 rings (SSSR count). The third-order valence-electron chi connectivity index (χ3n) is 4.93. The van der Waals surface area contributed by atoms with Crippen molar-refractivity contribution in [1.82, 2.24) is 19.7 Å². The molecule has 0 aliphatic heterocycles. The lowest BCUT2D eigenvalue weighted by molar-refractivity contribution is 0.0791. The molecule has 0 aliphatic carbocycles. The van der Waals surface area contributed by atoms with Gasteiger partial charge in [-0.15, -0.1) is 0 Å². The maximum absolute atomic E-state index is 13.0. The van der Waals surface area contributed by atoms with E-state index in [0.29, 0.717) is 18.0 Å². The van der Waals surface area contributed by atoms with E-state index in [0.717, 1.165) is 29.6 Å². The molecule has 0 radical (unpaired) electrons. The third kappa shape index (κ3) is 4.18. The molecule has 1 amide bonds. The fourth-order valence-electron chi connectivity index (χ4n) is 2.80. The molecule has 0 fully saturated rings. The van der Waals surface area contributed by atoms with Gasteiger partial charge in [0.2, 0.25) is 0 Å². The first-order valence-electron chi connectivity index (χ1n) is 9.12. The Balaban J connectivity index is 2.30. The van der Waals surface area contributed by atoms with E-state index in [1.165, 1.54) is 0 Å². The number of carbonyl (C=O) groups excluding carboxylic acids is 1. The predicted molar refractivity (Wildman–Crippen MR) is 102 cm³/mol. The molecule has 0 aromatic carbocycles. The fraction of sp³-hybridized carbons (Fsp3) is 0.632. The number of pyridine rings is 1. The van der Waals surface area contributed by atoms with E-state index in [2.05, 4.69) is 37.8 Å². The van der Waals surface area contributed by atoms with Gasteiger partial charge in [0.05, 0.1) is 23.2 Å². The van der Waals surface area contributed by atoms with Crippen LogP contribution in [0.4, 0.5) is 0 Å². The number of aromatic nitrogens is 3. The molecular weight excluding hydrogens is 314 g/mol. The number of aryl methyl sites for hydroxylation is 1. The van der Waals surface area contributed by atoms with Crippen molar-refractivity contribution in [3.8, 4) is 0 Å². The van der Waals surface area contributed by atoms with E-state index in [-0.39, 0.29) is 18.0 Å². The zero-order valence-corrected chi connectivity index (χ0v) is 16.3. The molecular formula is C19H31N5O. The second kappa shape index (κ2) is 7.95. The maximum Gasteiger partial charge on any atom is 0.254 e. The molecule has 0 aliphatic rings. The van der Waals surface area contributed by atoms with Crippen LogP contribution in [0.1, 0.15) is 62.6 Å². The lowest BCUT2D eigenvalue weighted by Gasteiger charge is -2.22. The van der Waals surface area contributed by atoms with Crippen LogP contribution in [0.3, 0.4) is 0 Å². The Labute approximate surface area is 150 Å². The summed E-state index contributed by atoms with van der Waals surface area (Å²) < 4.78 is 1.91. The van der Waals surface area contributed by atoms with Gasteiger partial charge in [-0.25, -0.2) is 9.67 Å². The van der Waals surface area contributed by atoms with E-state index >= 15 is 0 Å². The quantitative estimate of drug-likeness (QED) is 0.836. The summed E-state index contributed by atoms with van der Waals surface area (Å²) in [5.74, 6) is 0.405. The van der Waals surface area contributed by atoms with E-state index in [9.17, 15) is 4.79 Å². The molecule has 0 bridgehead atoms. The van der Waals surface area contributed by atoms with Crippen LogP contribution in [0, 0.1) is 12.8 Å². The van der Waals surface area contributed by atoms with Crippen LogP contribution in [0.5, 0.6) is 0 Å². The summed E-state index contributed by atoms with van der Waals surface area (Å²) in [7, 11) is 1.83. The van der Waals surface area contributed by atoms with Gasteiger partial charge in [-0.2, -0.15) is 5.10 Å². The fourth-order valence-corrected chi connectivity index (χ4v) is 2.80. The molecule has 2 aromatic rings. The molecule has 0 spiro atoms. The van der Waals surface area contributed by atoms with Gasteiger partial charge in [0.1, 0.15) is 0 Å². The lowest BCUT2D eigenvalue weighted by atomic mass is 10.0. The van der Waals surface area contributed by atoms with Gasteiger partial charge in [-0.1, -0.05) is 20.8 Å². The first kappa shape index (κ1) is 19.4. The number of rotatable bonds is 7. The van der Waals surface area contributed by atoms with Gasteiger partial charge in [-0.3, -0.25) is 4.79 Å². The number of nitrogens with zero attached hydrogens (tertiary/aromatic N) is 4. The van der Waals surface area contributed by atoms with E-state index in [4.69, 9.17) is 5.73 Å². The van der Waals surface area contributed by atoms with Gasteiger partial charge in [0.15, 0.2) is 5.65 Å². The Hall–Kier alpha value is -1.95. The van der Waals surface area contributed by atoms with Crippen molar-refractivity contribution in [3.63, 3.8) is 0 Å². The van der Waals surface area contributed by atoms with Crippen molar-refractivity contribution in [2.75, 3.05) is 13.6 Å². The molecule has 0 saturated heterocycles. The van der Waals surface area contributed by atoms with Gasteiger partial charge in [0.25, 0.3) is 5.91 Å². The molecule has 0 saturated carbocycles. The van der Waals surface area contributed by atoms with Crippen LogP contribution in [0.15, 0.2) is 12.3 Å². The highest BCUT2D eigenvalue weighted by molar-refractivity contribution is 6.05. The number of hydrogen-bond donors (Lipinski definition) is 1. The van der Waals surface area contributed by atoms with E-state index < -0.39 is 0 Å². The average molecular weight is 345 g/mol. The Morgan fingerprint density at radius 2 is 2.04 bits per heavy atom. The molecule has 2 unspecified atom stereocenters. The zero-order chi connectivity index (χ0) is 18.7. The summed E-state index contributed by atoms with van der Waals surface area (Å²) >= 11 is 0. The van der Waals surface area contributed by atoms with E-state index in [1.54, 1.807) is 11.1 Å². The Morgan fingerprint density at radius 1 is 1.36 bits per heavy atom. The highest BCUT2D eigenvalue weighted by atomic mass is 16.2. The minimum absolute atomic E-state index is 0.00448. The van der Waals surface area contributed by atoms with Crippen molar-refractivity contribution < 1.29 is 4.79 Å². The van der Waals surface area contributed by atoms with Crippen molar-refractivity contribution in [2.45, 2.75) is 59.5 Å². The highest BCUT2D eigenvalue weighted by Crippen LogP contribution is 2.23. The first-order chi connectivity index (χ1) is 11.8. The minimum atomic E-state index is -0.00448. The molecule has 2 N–H and O–H groups in total. The summed E-state index contributed by atoms with van der Waals surface area (Å²) in [4.78, 5) is 19.3. The van der Waals surface area contributed by atoms with Gasteiger partial charge < -0.3 is 10.6 Å². The van der Waals surface area contributed by atoms with Crippen LogP contribution in [0.25, 0.3) is 11.0 Å². The summed E-state index contributed by atoms with van der Waals surface area (Å²) in [5.41, 5.74) is 8.38. The minimum Gasteiger partial charge on any atom is -0.342 e. The van der Waals surface area contributed by atoms with Gasteiger partial charge in [0, 0.05) is 25.3 Å². The molecule has 6 nitrogen and oxygen atoms in total. The number of nitrogens with two attached hydrogens (primary N) is 1. The summed E-state index contributed by atoms with van der Waals surface area (Å²) in [6, 6.07) is 2.20. The molecule has 2 aromatic heterocycles. The largest absolute Gasteiger partial charge is 0.342 e. The van der Waals surface area contributed by atoms with Gasteiger partial charge in [-0.05, 0) is 38.7 Å². The first-order valence-corrected chi connectivity index (χ1v) is 9.12. The smallest absolute Gasteiger partial charge is 0.254 e. The predicted octanol–water partition coefficient (Wildman–Crippen LogP) is 3.16. The van der Waals surface area contributed by atoms with Crippen molar-refractivity contribution >= 4 is 16.9 Å².